The molecule has 0 aromatic heterocycles. The second kappa shape index (κ2) is 8.22. The number of ether oxygens (including phenoxy) is 3. The maximum atomic E-state index is 5.33. The van der Waals surface area contributed by atoms with Crippen LogP contribution in [0, 0.1) is 0 Å². The summed E-state index contributed by atoms with van der Waals surface area (Å²) in [7, 11) is 3.61. The van der Waals surface area contributed by atoms with Crippen molar-refractivity contribution in [2.75, 3.05) is 21.3 Å². The average molecular weight is 480 g/mol. The topological polar surface area (TPSA) is 27.7 Å². The number of benzene rings is 3. The minimum Gasteiger partial charge on any atom is -0.497 e. The van der Waals surface area contributed by atoms with Gasteiger partial charge in [-0.25, -0.2) is 0 Å². The Labute approximate surface area is 168 Å². The van der Waals surface area contributed by atoms with Crippen LogP contribution in [0.4, 0.5) is 0 Å². The lowest BCUT2D eigenvalue weighted by Gasteiger charge is -2.35. The van der Waals surface area contributed by atoms with Crippen LogP contribution in [0.25, 0.3) is 0 Å². The fourth-order valence-electron chi connectivity index (χ4n) is 2.70. The molecule has 0 saturated heterocycles. The van der Waals surface area contributed by atoms with Gasteiger partial charge < -0.3 is 14.2 Å². The summed E-state index contributed by atoms with van der Waals surface area (Å²) in [5.74, 6) is 2.57. The quantitative estimate of drug-likeness (QED) is 0.385. The molecular weight excluding hydrogens is 459 g/mol. The Balaban J connectivity index is 2.15. The van der Waals surface area contributed by atoms with E-state index in [0.717, 1.165) is 17.2 Å². The Hall–Kier alpha value is -1.86. The lowest BCUT2D eigenvalue weighted by atomic mass is 10.3. The molecule has 0 unspecified atom stereocenters. The van der Waals surface area contributed by atoms with Gasteiger partial charge in [-0.2, -0.15) is 0 Å². The molecule has 5 heteroatoms. The molecule has 136 valence electrons. The minimum absolute atomic E-state index is 0.858. The van der Waals surface area contributed by atoms with Crippen LogP contribution in [-0.4, -0.2) is 21.3 Å². The van der Waals surface area contributed by atoms with Gasteiger partial charge in [0, 0.05) is 14.7 Å². The molecule has 0 radical (unpaired) electrons. The lowest BCUT2D eigenvalue weighted by Crippen LogP contribution is -1.97. The molecule has 0 saturated carbocycles. The van der Waals surface area contributed by atoms with E-state index in [1.165, 1.54) is 14.7 Å². The van der Waals surface area contributed by atoms with Crippen molar-refractivity contribution in [1.82, 2.24) is 0 Å². The fourth-order valence-corrected chi connectivity index (χ4v) is 7.69. The molecule has 3 rings (SSSR count). The summed E-state index contributed by atoms with van der Waals surface area (Å²) in [5, 5.41) is 0. The second-order valence-electron chi connectivity index (χ2n) is 5.56. The van der Waals surface area contributed by atoms with Crippen LogP contribution in [-0.2, 0) is 0 Å². The van der Waals surface area contributed by atoms with Gasteiger partial charge in [-0.3, -0.25) is 0 Å². The Kier molecular flexibility index (Phi) is 5.98. The van der Waals surface area contributed by atoms with Crippen molar-refractivity contribution in [3.05, 3.63) is 72.8 Å². The van der Waals surface area contributed by atoms with Gasteiger partial charge in [0.25, 0.3) is 0 Å². The third-order valence-corrected chi connectivity index (χ3v) is 11.5. The fraction of sp³-hybridized carbons (Fsp3) is 0.143. The Morgan fingerprint density at radius 3 is 0.923 bits per heavy atom. The molecule has 0 fully saturated rings. The van der Waals surface area contributed by atoms with E-state index in [4.69, 9.17) is 14.2 Å². The van der Waals surface area contributed by atoms with E-state index in [9.17, 15) is 0 Å². The van der Waals surface area contributed by atoms with Gasteiger partial charge in [-0.15, -0.1) is 7.20 Å². The number of halogens is 1. The highest BCUT2D eigenvalue weighted by atomic mass is 127. The first-order valence-corrected chi connectivity index (χ1v) is 12.2. The van der Waals surface area contributed by atoms with Crippen molar-refractivity contribution in [2.45, 2.75) is 14.7 Å². The molecule has 0 N–H and O–H groups in total. The van der Waals surface area contributed by atoms with Crippen molar-refractivity contribution in [2.24, 2.45) is 0 Å². The highest BCUT2D eigenvalue weighted by Gasteiger charge is 2.28. The smallest absolute Gasteiger partial charge is 0.118 e. The molecule has 3 aromatic rings. The third-order valence-electron chi connectivity index (χ3n) is 4.15. The van der Waals surface area contributed by atoms with Crippen molar-refractivity contribution >= 4 is 28.4 Å². The molecule has 0 aliphatic heterocycles. The monoisotopic (exact) mass is 480 g/mol. The average Bonchev–Trinajstić information content (AvgIpc) is 2.73. The van der Waals surface area contributed by atoms with E-state index in [1.807, 2.05) is 36.4 Å². The van der Waals surface area contributed by atoms with Crippen LogP contribution in [0.3, 0.4) is 0 Å². The first kappa shape index (κ1) is 18.9. The zero-order valence-corrected chi connectivity index (χ0v) is 17.9. The summed E-state index contributed by atoms with van der Waals surface area (Å²) >= 11 is 2.60. The lowest BCUT2D eigenvalue weighted by molar-refractivity contribution is 0.414. The van der Waals surface area contributed by atoms with E-state index >= 15 is 0 Å². The molecule has 3 nitrogen and oxygen atoms in total. The summed E-state index contributed by atoms with van der Waals surface area (Å²) in [5.41, 5.74) is 0. The molecule has 0 heterocycles. The summed E-state index contributed by atoms with van der Waals surface area (Å²) < 4.78 is 16.0. The van der Waals surface area contributed by atoms with Crippen molar-refractivity contribution in [3.8, 4) is 17.2 Å². The Morgan fingerprint density at radius 1 is 0.500 bits per heavy atom. The number of hydrogen-bond acceptors (Lipinski definition) is 3. The van der Waals surface area contributed by atoms with E-state index in [1.54, 1.807) is 21.3 Å². The van der Waals surface area contributed by atoms with Crippen LogP contribution < -0.4 is 14.2 Å². The van der Waals surface area contributed by atoms with Gasteiger partial charge in [-0.1, -0.05) is 0 Å². The van der Waals surface area contributed by atoms with E-state index < -0.39 is 7.20 Å². The predicted octanol–water partition coefficient (Wildman–Crippen LogP) is 6.34. The van der Waals surface area contributed by atoms with Crippen molar-refractivity contribution < 1.29 is 14.2 Å². The number of hydrogen-bond donors (Lipinski definition) is 0. The van der Waals surface area contributed by atoms with Crippen LogP contribution in [0.2, 0.25) is 0 Å². The molecule has 0 amide bonds. The Bertz CT molecular complexity index is 730. The third kappa shape index (κ3) is 3.64. The number of rotatable bonds is 6. The van der Waals surface area contributed by atoms with Gasteiger partial charge in [0.05, 0.1) is 21.3 Å². The van der Waals surface area contributed by atoms with Crippen LogP contribution in [0.1, 0.15) is 0 Å². The van der Waals surface area contributed by atoms with Gasteiger partial charge in [0.1, 0.15) is 17.2 Å². The SMILES string of the molecule is COc1ccc(S(I)(c2ccc(OC)cc2)c2ccc(OC)cc2)cc1. The van der Waals surface area contributed by atoms with Crippen molar-refractivity contribution in [1.29, 1.82) is 0 Å². The van der Waals surface area contributed by atoms with Crippen LogP contribution in [0.5, 0.6) is 17.2 Å². The van der Waals surface area contributed by atoms with Crippen LogP contribution in [0.15, 0.2) is 87.5 Å². The van der Waals surface area contributed by atoms with E-state index in [0.29, 0.717) is 0 Å². The molecule has 0 bridgehead atoms. The molecule has 26 heavy (non-hydrogen) atoms. The summed E-state index contributed by atoms with van der Waals surface area (Å²) in [4.78, 5) is 3.78. The predicted molar refractivity (Wildman–Crippen MR) is 115 cm³/mol. The minimum atomic E-state index is -1.45. The molecule has 0 spiro atoms. The van der Waals surface area contributed by atoms with Gasteiger partial charge in [0.2, 0.25) is 0 Å². The summed E-state index contributed by atoms with van der Waals surface area (Å²) in [6, 6.07) is 25.0. The maximum absolute atomic E-state index is 5.33. The maximum Gasteiger partial charge on any atom is 0.118 e. The van der Waals surface area contributed by atoms with Crippen molar-refractivity contribution in [3.63, 3.8) is 0 Å². The molecule has 0 aliphatic rings. The zero-order chi connectivity index (χ0) is 18.6. The molecular formula is C21H21IO3S. The van der Waals surface area contributed by atoms with Gasteiger partial charge in [-0.05, 0) is 94.0 Å². The second-order valence-corrected chi connectivity index (χ2v) is 12.0. The molecule has 0 atom stereocenters. The molecule has 3 aromatic carbocycles. The van der Waals surface area contributed by atoms with E-state index in [-0.39, 0.29) is 0 Å². The summed E-state index contributed by atoms with van der Waals surface area (Å²) in [6.45, 7) is 0. The van der Waals surface area contributed by atoms with Gasteiger partial charge >= 0.3 is 0 Å². The zero-order valence-electron chi connectivity index (χ0n) is 14.9. The van der Waals surface area contributed by atoms with Crippen LogP contribution >= 0.6 is 28.4 Å². The highest BCUT2D eigenvalue weighted by molar-refractivity contribution is 14.2. The first-order valence-electron chi connectivity index (χ1n) is 8.07. The normalized spacial score (nSPS) is 11.7. The first-order chi connectivity index (χ1) is 12.6. The highest BCUT2D eigenvalue weighted by Crippen LogP contribution is 2.74. The van der Waals surface area contributed by atoms with E-state index in [2.05, 4.69) is 57.6 Å². The standard InChI is InChI=1S/C21H21IO3S/c1-23-16-4-10-19(11-5-16)26(22,20-12-6-17(24-2)7-13-20)21-14-8-18(25-3)9-15-21/h4-15H,1-3H3. The van der Waals surface area contributed by atoms with Gasteiger partial charge in [0.15, 0.2) is 0 Å². The number of methoxy groups -OCH3 is 3. The molecule has 0 aliphatic carbocycles. The Morgan fingerprint density at radius 2 is 0.731 bits per heavy atom. The summed E-state index contributed by atoms with van der Waals surface area (Å²) in [6.07, 6.45) is 0. The largest absolute Gasteiger partial charge is 0.497 e.